The molecule has 1 fully saturated rings. The van der Waals surface area contributed by atoms with E-state index in [9.17, 15) is 9.59 Å². The Balaban J connectivity index is 0.000000236. The average Bonchev–Trinajstić information content (AvgIpc) is 2.17. The van der Waals surface area contributed by atoms with Crippen LogP contribution < -0.4 is 15.3 Å². The molecule has 6 nitrogen and oxygen atoms in total. The first kappa shape index (κ1) is 9.15. The van der Waals surface area contributed by atoms with Crippen molar-refractivity contribution in [1.29, 1.82) is 0 Å². The van der Waals surface area contributed by atoms with Gasteiger partial charge in [-0.25, -0.2) is 4.79 Å². The largest absolute Gasteiger partial charge is 0.506 e. The number of rotatable bonds is 0. The lowest BCUT2D eigenvalue weighted by atomic mass is 10.7. The molecular weight excluding hydrogens is 163 g/mol. The molecule has 1 aliphatic heterocycles. The minimum Gasteiger partial charge on any atom is -0.506 e. The highest BCUT2D eigenvalue weighted by molar-refractivity contribution is 6.01. The fraction of sp³-hybridized carbons (Fsp3) is 0.333. The van der Waals surface area contributed by atoms with E-state index in [0.29, 0.717) is 0 Å². The molecule has 0 spiro atoms. The minimum absolute atomic E-state index is 0.124. The Morgan fingerprint density at radius 3 is 2.20 bits per heavy atom. The Bertz CT molecular complexity index is 124. The molecule has 1 rings (SSSR count). The summed E-state index contributed by atoms with van der Waals surface area (Å²) in [7, 11) is 0. The van der Waals surface area contributed by atoms with Crippen LogP contribution in [0.5, 0.6) is 0 Å². The predicted molar refractivity (Wildman–Crippen MR) is 23.8 cm³/mol. The molecule has 10 heavy (non-hydrogen) atoms. The smallest absolute Gasteiger partial charge is 0.327 e. The second kappa shape index (κ2) is 4.98. The van der Waals surface area contributed by atoms with E-state index >= 15 is 0 Å². The molecule has 3 amide bonds. The molecule has 0 aromatic rings. The van der Waals surface area contributed by atoms with Crippen LogP contribution in [0.3, 0.4) is 0 Å². The fourth-order valence-electron chi connectivity index (χ4n) is 0.376. The predicted octanol–water partition coefficient (Wildman–Crippen LogP) is -2.92. The SMILES string of the molecule is O=C1CNC(=O)N1.[O-][Cl+]O. The molecule has 7 heteroatoms. The van der Waals surface area contributed by atoms with Gasteiger partial charge in [0.15, 0.2) is 0 Å². The fourth-order valence-corrected chi connectivity index (χ4v) is 0.376. The third-order valence-electron chi connectivity index (χ3n) is 0.662. The molecule has 0 radical (unpaired) electrons. The van der Waals surface area contributed by atoms with Gasteiger partial charge in [-0.15, -0.1) is 4.66 Å². The number of hydrogen-bond acceptors (Lipinski definition) is 4. The summed E-state index contributed by atoms with van der Waals surface area (Å²) in [6.07, 6.45) is 0. The molecule has 0 aliphatic carbocycles. The molecule has 1 saturated heterocycles. The molecule has 58 valence electrons. The molecule has 0 unspecified atom stereocenters. The van der Waals surface area contributed by atoms with E-state index in [1.807, 2.05) is 5.32 Å². The van der Waals surface area contributed by atoms with Crippen molar-refractivity contribution in [1.82, 2.24) is 10.6 Å². The van der Waals surface area contributed by atoms with Gasteiger partial charge < -0.3 is 9.98 Å². The van der Waals surface area contributed by atoms with Gasteiger partial charge in [0.1, 0.15) is 0 Å². The van der Waals surface area contributed by atoms with E-state index in [-0.39, 0.29) is 23.8 Å². The van der Waals surface area contributed by atoms with Crippen molar-refractivity contribution in [3.8, 4) is 0 Å². The summed E-state index contributed by atoms with van der Waals surface area (Å²) in [4.78, 5) is 20.1. The minimum atomic E-state index is -0.398. The number of nitrogens with one attached hydrogen (secondary N) is 2. The lowest BCUT2D eigenvalue weighted by Gasteiger charge is -1.78. The van der Waals surface area contributed by atoms with E-state index in [4.69, 9.17) is 9.32 Å². The van der Waals surface area contributed by atoms with Crippen LogP contribution in [-0.4, -0.2) is 23.1 Å². The molecule has 0 aromatic heterocycles. The first-order valence-corrected chi connectivity index (χ1v) is 2.84. The Morgan fingerprint density at radius 1 is 1.60 bits per heavy atom. The van der Waals surface area contributed by atoms with Crippen molar-refractivity contribution in [2.75, 3.05) is 6.54 Å². The van der Waals surface area contributed by atoms with Crippen molar-refractivity contribution >= 4 is 11.9 Å². The maximum Gasteiger partial charge on any atom is 0.327 e. The van der Waals surface area contributed by atoms with Gasteiger partial charge in [-0.3, -0.25) is 10.1 Å². The van der Waals surface area contributed by atoms with Crippen molar-refractivity contribution < 1.29 is 30.2 Å². The number of carbonyl (C=O) groups is 2. The van der Waals surface area contributed by atoms with Crippen LogP contribution in [-0.2, 0) is 4.79 Å². The van der Waals surface area contributed by atoms with E-state index in [2.05, 4.69) is 5.32 Å². The van der Waals surface area contributed by atoms with Crippen LogP contribution in [0.25, 0.3) is 0 Å². The van der Waals surface area contributed by atoms with Crippen LogP contribution >= 0.6 is 0 Å². The zero-order chi connectivity index (χ0) is 7.98. The van der Waals surface area contributed by atoms with Crippen molar-refractivity contribution in [2.45, 2.75) is 0 Å². The normalized spacial score (nSPS) is 15.0. The van der Waals surface area contributed by atoms with Crippen LogP contribution in [0.15, 0.2) is 0 Å². The Kier molecular flexibility index (Phi) is 4.55. The van der Waals surface area contributed by atoms with Gasteiger partial charge in [-0.05, 0) is 0 Å². The summed E-state index contributed by atoms with van der Waals surface area (Å²) in [6.45, 7) is 0.124. The molecule has 1 heterocycles. The Hall–Kier alpha value is -0.850. The maximum absolute atomic E-state index is 10.1. The zero-order valence-corrected chi connectivity index (χ0v) is 5.51. The van der Waals surface area contributed by atoms with E-state index in [1.54, 1.807) is 0 Å². The highest BCUT2D eigenvalue weighted by Crippen LogP contribution is 1.73. The monoisotopic (exact) mass is 168 g/mol. The molecule has 1 aliphatic rings. The third-order valence-corrected chi connectivity index (χ3v) is 0.662. The second-order valence-electron chi connectivity index (χ2n) is 1.30. The van der Waals surface area contributed by atoms with Gasteiger partial charge in [0.2, 0.25) is 5.91 Å². The van der Waals surface area contributed by atoms with Gasteiger partial charge in [-0.2, -0.15) is 0 Å². The summed E-state index contributed by atoms with van der Waals surface area (Å²) in [5.74, 6) is -0.259. The van der Waals surface area contributed by atoms with E-state index in [0.717, 1.165) is 0 Å². The summed E-state index contributed by atoms with van der Waals surface area (Å²) in [5, 5.41) is 4.30. The number of urea groups is 1. The summed E-state index contributed by atoms with van der Waals surface area (Å²) in [6, 6.07) is -0.398. The van der Waals surface area contributed by atoms with Gasteiger partial charge in [0.05, 0.1) is 6.54 Å². The van der Waals surface area contributed by atoms with Gasteiger partial charge >= 0.3 is 17.4 Å². The Morgan fingerprint density at radius 2 is 2.10 bits per heavy atom. The van der Waals surface area contributed by atoms with Gasteiger partial charge in [-0.1, -0.05) is 0 Å². The number of imide groups is 1. The molecule has 0 aromatic carbocycles. The summed E-state index contributed by atoms with van der Waals surface area (Å²) >= 11 is -0.167. The van der Waals surface area contributed by atoms with Crippen molar-refractivity contribution in [2.24, 2.45) is 0 Å². The van der Waals surface area contributed by atoms with Crippen LogP contribution in [0.4, 0.5) is 4.79 Å². The molecule has 0 saturated carbocycles. The standard InChI is InChI=1S/C3H4N2O2.ClHO2/c6-2-1-4-3(7)5-2;2-1-3/h1H2,(H2,4,5,6,7);2H. The molecule has 3 N–H and O–H groups in total. The first-order valence-electron chi connectivity index (χ1n) is 2.19. The number of hydrogen-bond donors (Lipinski definition) is 3. The van der Waals surface area contributed by atoms with Crippen molar-refractivity contribution in [3.63, 3.8) is 0 Å². The number of halogens is 1. The van der Waals surface area contributed by atoms with Gasteiger partial charge in [0.25, 0.3) is 0 Å². The zero-order valence-electron chi connectivity index (χ0n) is 4.76. The van der Waals surface area contributed by atoms with Crippen LogP contribution in [0.1, 0.15) is 0 Å². The molecule has 0 bridgehead atoms. The number of amides is 3. The van der Waals surface area contributed by atoms with E-state index < -0.39 is 6.03 Å². The molecular formula is C3H5ClN2O4. The quantitative estimate of drug-likeness (QED) is 0.337. The summed E-state index contributed by atoms with van der Waals surface area (Å²) in [5.41, 5.74) is 0. The molecule has 0 atom stereocenters. The van der Waals surface area contributed by atoms with Crippen LogP contribution in [0.2, 0.25) is 0 Å². The lowest BCUT2D eigenvalue weighted by Crippen LogP contribution is -2.22. The first-order chi connectivity index (χ1) is 4.70. The highest BCUT2D eigenvalue weighted by atomic mass is 35.6. The van der Waals surface area contributed by atoms with Crippen molar-refractivity contribution in [3.05, 3.63) is 0 Å². The third kappa shape index (κ3) is 4.07. The Labute approximate surface area is 60.3 Å². The topological polar surface area (TPSA) is 101 Å². The average molecular weight is 169 g/mol. The highest BCUT2D eigenvalue weighted by Gasteiger charge is 2.14. The number of carbonyl (C=O) groups excluding carboxylic acids is 2. The summed E-state index contributed by atoms with van der Waals surface area (Å²) < 4.78 is 15.2. The lowest BCUT2D eigenvalue weighted by molar-refractivity contribution is -1.27. The van der Waals surface area contributed by atoms with E-state index in [1.165, 1.54) is 0 Å². The van der Waals surface area contributed by atoms with Crippen LogP contribution in [0, 0.1) is 11.3 Å². The second-order valence-corrected chi connectivity index (χ2v) is 1.44. The van der Waals surface area contributed by atoms with Gasteiger partial charge in [0, 0.05) is 0 Å². The maximum atomic E-state index is 10.1.